The fourth-order valence-corrected chi connectivity index (χ4v) is 1.81. The molecule has 1 N–H and O–H groups in total. The van der Waals surface area contributed by atoms with Crippen LogP contribution in [-0.4, -0.2) is 16.1 Å². The van der Waals surface area contributed by atoms with Gasteiger partial charge in [0.1, 0.15) is 5.82 Å². The molecule has 84 valence electrons. The number of nitrogens with zero attached hydrogens (tertiary/aromatic N) is 2. The lowest BCUT2D eigenvalue weighted by atomic mass is 10.1. The van der Waals surface area contributed by atoms with Gasteiger partial charge in [-0.2, -0.15) is 0 Å². The Morgan fingerprint density at radius 2 is 2.06 bits per heavy atom. The van der Waals surface area contributed by atoms with Crippen molar-refractivity contribution in [3.63, 3.8) is 0 Å². The third kappa shape index (κ3) is 3.36. The van der Waals surface area contributed by atoms with Crippen LogP contribution in [0.2, 0.25) is 0 Å². The topological polar surface area (TPSA) is 37.8 Å². The summed E-state index contributed by atoms with van der Waals surface area (Å²) < 4.78 is 16.4. The van der Waals surface area contributed by atoms with Crippen molar-refractivity contribution in [3.05, 3.63) is 46.7 Å². The summed E-state index contributed by atoms with van der Waals surface area (Å²) in [5.41, 5.74) is 2.09. The summed E-state index contributed by atoms with van der Waals surface area (Å²) in [4.78, 5) is 0. The van der Waals surface area contributed by atoms with Crippen LogP contribution in [0.5, 0.6) is 0 Å². The lowest BCUT2D eigenvalue weighted by Gasteiger charge is -2.02. The SMILES string of the molecule is Fc1ccc(CCNCc2csnn2)cc1. The molecule has 1 aromatic heterocycles. The molecule has 16 heavy (non-hydrogen) atoms. The predicted molar refractivity (Wildman–Crippen MR) is 61.7 cm³/mol. The monoisotopic (exact) mass is 237 g/mol. The Morgan fingerprint density at radius 1 is 1.25 bits per heavy atom. The van der Waals surface area contributed by atoms with E-state index in [1.807, 2.05) is 5.38 Å². The van der Waals surface area contributed by atoms with Crippen molar-refractivity contribution in [2.75, 3.05) is 6.54 Å². The molecule has 2 aromatic rings. The number of aromatic nitrogens is 2. The van der Waals surface area contributed by atoms with E-state index in [4.69, 9.17) is 0 Å². The summed E-state index contributed by atoms with van der Waals surface area (Å²) in [6.45, 7) is 1.58. The number of rotatable bonds is 5. The quantitative estimate of drug-likeness (QED) is 0.808. The van der Waals surface area contributed by atoms with Crippen LogP contribution in [0.1, 0.15) is 11.3 Å². The third-order valence-electron chi connectivity index (χ3n) is 2.21. The van der Waals surface area contributed by atoms with Gasteiger partial charge in [-0.25, -0.2) is 4.39 Å². The molecule has 0 aliphatic heterocycles. The highest BCUT2D eigenvalue weighted by atomic mass is 32.1. The summed E-state index contributed by atoms with van der Waals surface area (Å²) in [5.74, 6) is -0.190. The van der Waals surface area contributed by atoms with E-state index in [9.17, 15) is 4.39 Å². The highest BCUT2D eigenvalue weighted by molar-refractivity contribution is 7.03. The highest BCUT2D eigenvalue weighted by Gasteiger charge is 1.96. The number of benzene rings is 1. The van der Waals surface area contributed by atoms with E-state index in [0.29, 0.717) is 0 Å². The van der Waals surface area contributed by atoms with Crippen molar-refractivity contribution in [2.24, 2.45) is 0 Å². The van der Waals surface area contributed by atoms with Gasteiger partial charge in [-0.05, 0) is 42.2 Å². The molecule has 0 aliphatic carbocycles. The lowest BCUT2D eigenvalue weighted by molar-refractivity contribution is 0.625. The highest BCUT2D eigenvalue weighted by Crippen LogP contribution is 2.03. The van der Waals surface area contributed by atoms with Gasteiger partial charge in [0, 0.05) is 11.9 Å². The van der Waals surface area contributed by atoms with Gasteiger partial charge >= 0.3 is 0 Å². The van der Waals surface area contributed by atoms with Crippen LogP contribution in [-0.2, 0) is 13.0 Å². The number of nitrogens with one attached hydrogen (secondary N) is 1. The first kappa shape index (κ1) is 11.2. The number of hydrogen-bond donors (Lipinski definition) is 1. The first-order chi connectivity index (χ1) is 7.84. The molecule has 0 amide bonds. The van der Waals surface area contributed by atoms with Gasteiger partial charge in [-0.1, -0.05) is 16.6 Å². The zero-order valence-corrected chi connectivity index (χ0v) is 9.51. The summed E-state index contributed by atoms with van der Waals surface area (Å²) in [6, 6.07) is 6.59. The van der Waals surface area contributed by atoms with E-state index in [-0.39, 0.29) is 5.82 Å². The summed E-state index contributed by atoms with van der Waals surface area (Å²) in [5, 5.41) is 9.11. The Bertz CT molecular complexity index is 413. The minimum absolute atomic E-state index is 0.190. The van der Waals surface area contributed by atoms with Crippen LogP contribution in [0, 0.1) is 5.82 Å². The Balaban J connectivity index is 1.70. The molecule has 0 saturated heterocycles. The second kappa shape index (κ2) is 5.67. The van der Waals surface area contributed by atoms with Crippen LogP contribution in [0.15, 0.2) is 29.6 Å². The smallest absolute Gasteiger partial charge is 0.123 e. The van der Waals surface area contributed by atoms with Gasteiger partial charge in [0.05, 0.1) is 5.69 Å². The normalized spacial score (nSPS) is 10.6. The molecule has 0 spiro atoms. The molecule has 0 aliphatic rings. The lowest BCUT2D eigenvalue weighted by Crippen LogP contribution is -2.16. The van der Waals surface area contributed by atoms with Crippen molar-refractivity contribution in [1.29, 1.82) is 0 Å². The first-order valence-electron chi connectivity index (χ1n) is 5.06. The van der Waals surface area contributed by atoms with Crippen LogP contribution in [0.25, 0.3) is 0 Å². The second-order valence-corrected chi connectivity index (χ2v) is 4.06. The van der Waals surface area contributed by atoms with Crippen molar-refractivity contribution < 1.29 is 4.39 Å². The van der Waals surface area contributed by atoms with Crippen LogP contribution >= 0.6 is 11.5 Å². The Labute approximate surface area is 97.5 Å². The molecule has 2 rings (SSSR count). The van der Waals surface area contributed by atoms with E-state index >= 15 is 0 Å². The van der Waals surface area contributed by atoms with Gasteiger partial charge in [-0.3, -0.25) is 0 Å². The largest absolute Gasteiger partial charge is 0.311 e. The molecule has 0 atom stereocenters. The molecule has 1 aromatic carbocycles. The maximum absolute atomic E-state index is 12.6. The Kier molecular flexibility index (Phi) is 3.96. The van der Waals surface area contributed by atoms with Crippen LogP contribution in [0.4, 0.5) is 4.39 Å². The minimum atomic E-state index is -0.190. The average Bonchev–Trinajstić information content (AvgIpc) is 2.80. The van der Waals surface area contributed by atoms with Crippen LogP contribution < -0.4 is 5.32 Å². The molecule has 0 unspecified atom stereocenters. The number of hydrogen-bond acceptors (Lipinski definition) is 4. The molecule has 0 radical (unpaired) electrons. The first-order valence-corrected chi connectivity index (χ1v) is 5.89. The second-order valence-electron chi connectivity index (χ2n) is 3.45. The van der Waals surface area contributed by atoms with Gasteiger partial charge in [-0.15, -0.1) is 5.10 Å². The van der Waals surface area contributed by atoms with Crippen molar-refractivity contribution >= 4 is 11.5 Å². The van der Waals surface area contributed by atoms with Gasteiger partial charge < -0.3 is 5.32 Å². The zero-order chi connectivity index (χ0) is 11.2. The van der Waals surface area contributed by atoms with Crippen molar-refractivity contribution in [1.82, 2.24) is 14.9 Å². The van der Waals surface area contributed by atoms with Crippen molar-refractivity contribution in [3.8, 4) is 0 Å². The number of halogens is 1. The third-order valence-corrected chi connectivity index (χ3v) is 2.77. The Morgan fingerprint density at radius 3 is 2.75 bits per heavy atom. The van der Waals surface area contributed by atoms with Gasteiger partial charge in [0.2, 0.25) is 0 Å². The molecular formula is C11H12FN3S. The van der Waals surface area contributed by atoms with E-state index < -0.39 is 0 Å². The van der Waals surface area contributed by atoms with Gasteiger partial charge in [0.15, 0.2) is 0 Å². The van der Waals surface area contributed by atoms with E-state index in [0.717, 1.165) is 30.8 Å². The molecular weight excluding hydrogens is 225 g/mol. The fraction of sp³-hybridized carbons (Fsp3) is 0.273. The van der Waals surface area contributed by atoms with E-state index in [2.05, 4.69) is 14.9 Å². The van der Waals surface area contributed by atoms with Gasteiger partial charge in [0.25, 0.3) is 0 Å². The fourth-order valence-electron chi connectivity index (χ4n) is 1.36. The summed E-state index contributed by atoms with van der Waals surface area (Å²) in [7, 11) is 0. The zero-order valence-electron chi connectivity index (χ0n) is 8.69. The standard InChI is InChI=1S/C11H12FN3S/c12-10-3-1-9(2-4-10)5-6-13-7-11-8-16-15-14-11/h1-4,8,13H,5-7H2. The maximum atomic E-state index is 12.6. The van der Waals surface area contributed by atoms with Crippen molar-refractivity contribution in [2.45, 2.75) is 13.0 Å². The molecule has 5 heteroatoms. The molecule has 0 fully saturated rings. The Hall–Kier alpha value is -1.33. The van der Waals surface area contributed by atoms with Crippen LogP contribution in [0.3, 0.4) is 0 Å². The maximum Gasteiger partial charge on any atom is 0.123 e. The van der Waals surface area contributed by atoms with E-state index in [1.165, 1.54) is 23.7 Å². The molecule has 1 heterocycles. The summed E-state index contributed by atoms with van der Waals surface area (Å²) in [6.07, 6.45) is 0.887. The molecule has 0 bridgehead atoms. The average molecular weight is 237 g/mol. The van der Waals surface area contributed by atoms with E-state index in [1.54, 1.807) is 12.1 Å². The minimum Gasteiger partial charge on any atom is -0.311 e. The summed E-state index contributed by atoms with van der Waals surface area (Å²) >= 11 is 1.35. The predicted octanol–water partition coefficient (Wildman–Crippen LogP) is 2.01. The molecule has 0 saturated carbocycles. The molecule has 3 nitrogen and oxygen atoms in total.